The standard InChI is InChI=1S/C18H38N2/c1-16(2)14-18(9-5-6-10-18)15-20-13-7-8-17(3,4)11-12-19/h16,20H,5-15,19H2,1-4H3. The normalized spacial score (nSPS) is 18.9. The minimum atomic E-state index is 0.416. The van der Waals surface area contributed by atoms with Crippen molar-refractivity contribution in [1.29, 1.82) is 0 Å². The summed E-state index contributed by atoms with van der Waals surface area (Å²) in [6.45, 7) is 12.7. The molecule has 1 aliphatic rings. The second kappa shape index (κ2) is 8.38. The van der Waals surface area contributed by atoms with E-state index in [4.69, 9.17) is 5.73 Å². The maximum atomic E-state index is 5.68. The van der Waals surface area contributed by atoms with Gasteiger partial charge in [0.1, 0.15) is 0 Å². The van der Waals surface area contributed by atoms with Crippen molar-refractivity contribution in [2.75, 3.05) is 19.6 Å². The molecule has 1 aliphatic carbocycles. The van der Waals surface area contributed by atoms with E-state index in [0.717, 1.165) is 18.9 Å². The van der Waals surface area contributed by atoms with Crippen LogP contribution in [0.25, 0.3) is 0 Å². The van der Waals surface area contributed by atoms with Crippen molar-refractivity contribution in [2.45, 2.75) is 79.1 Å². The van der Waals surface area contributed by atoms with E-state index >= 15 is 0 Å². The number of nitrogens with one attached hydrogen (secondary N) is 1. The quantitative estimate of drug-likeness (QED) is 0.585. The van der Waals surface area contributed by atoms with Crippen LogP contribution in [0.5, 0.6) is 0 Å². The zero-order valence-corrected chi connectivity index (χ0v) is 14.4. The zero-order chi connectivity index (χ0) is 15.1. The Morgan fingerprint density at radius 1 is 1.15 bits per heavy atom. The van der Waals surface area contributed by atoms with Crippen molar-refractivity contribution < 1.29 is 0 Å². The molecule has 0 amide bonds. The Labute approximate surface area is 127 Å². The van der Waals surface area contributed by atoms with E-state index in [1.807, 2.05) is 0 Å². The van der Waals surface area contributed by atoms with E-state index in [2.05, 4.69) is 33.0 Å². The van der Waals surface area contributed by atoms with Gasteiger partial charge in [-0.15, -0.1) is 0 Å². The fourth-order valence-electron chi connectivity index (χ4n) is 4.01. The second-order valence-electron chi connectivity index (χ2n) is 8.29. The minimum Gasteiger partial charge on any atom is -0.330 e. The average Bonchev–Trinajstić information content (AvgIpc) is 2.76. The SMILES string of the molecule is CC(C)CC1(CNCCCC(C)(C)CCN)CCCC1. The van der Waals surface area contributed by atoms with E-state index in [-0.39, 0.29) is 0 Å². The molecule has 1 rings (SSSR count). The van der Waals surface area contributed by atoms with Gasteiger partial charge in [0.25, 0.3) is 0 Å². The highest BCUT2D eigenvalue weighted by Crippen LogP contribution is 2.42. The van der Waals surface area contributed by atoms with Gasteiger partial charge in [0.05, 0.1) is 0 Å². The summed E-state index contributed by atoms with van der Waals surface area (Å²) >= 11 is 0. The molecule has 120 valence electrons. The topological polar surface area (TPSA) is 38.0 Å². The van der Waals surface area contributed by atoms with Crippen LogP contribution in [-0.4, -0.2) is 19.6 Å². The van der Waals surface area contributed by atoms with Gasteiger partial charge in [0.2, 0.25) is 0 Å². The van der Waals surface area contributed by atoms with Gasteiger partial charge in [-0.3, -0.25) is 0 Å². The molecule has 0 aromatic heterocycles. The molecular weight excluding hydrogens is 244 g/mol. The summed E-state index contributed by atoms with van der Waals surface area (Å²) in [7, 11) is 0. The Bertz CT molecular complexity index is 252. The minimum absolute atomic E-state index is 0.416. The van der Waals surface area contributed by atoms with Gasteiger partial charge >= 0.3 is 0 Å². The Morgan fingerprint density at radius 3 is 2.35 bits per heavy atom. The Hall–Kier alpha value is -0.0800. The summed E-state index contributed by atoms with van der Waals surface area (Å²) in [5, 5.41) is 3.76. The van der Waals surface area contributed by atoms with Gasteiger partial charge in [-0.25, -0.2) is 0 Å². The number of rotatable bonds is 10. The molecule has 2 heteroatoms. The van der Waals surface area contributed by atoms with Gasteiger partial charge in [0.15, 0.2) is 0 Å². The van der Waals surface area contributed by atoms with Crippen LogP contribution in [-0.2, 0) is 0 Å². The molecule has 2 nitrogen and oxygen atoms in total. The third kappa shape index (κ3) is 6.58. The molecule has 0 aromatic rings. The molecule has 0 atom stereocenters. The van der Waals surface area contributed by atoms with Crippen LogP contribution in [0.2, 0.25) is 0 Å². The van der Waals surface area contributed by atoms with Gasteiger partial charge in [-0.2, -0.15) is 0 Å². The number of nitrogens with two attached hydrogens (primary N) is 1. The molecule has 1 fully saturated rings. The Balaban J connectivity index is 2.21. The second-order valence-corrected chi connectivity index (χ2v) is 8.29. The molecule has 3 N–H and O–H groups in total. The largest absolute Gasteiger partial charge is 0.330 e. The Kier molecular flexibility index (Phi) is 7.53. The molecule has 0 radical (unpaired) electrons. The highest BCUT2D eigenvalue weighted by Gasteiger charge is 2.33. The summed E-state index contributed by atoms with van der Waals surface area (Å²) < 4.78 is 0. The zero-order valence-electron chi connectivity index (χ0n) is 14.4. The van der Waals surface area contributed by atoms with Crippen LogP contribution < -0.4 is 11.1 Å². The van der Waals surface area contributed by atoms with Crippen molar-refractivity contribution in [3.8, 4) is 0 Å². The summed E-state index contributed by atoms with van der Waals surface area (Å²) in [6.07, 6.45) is 10.9. The van der Waals surface area contributed by atoms with Crippen LogP contribution in [0.1, 0.15) is 79.1 Å². The lowest BCUT2D eigenvalue weighted by molar-refractivity contribution is 0.221. The van der Waals surface area contributed by atoms with E-state index in [1.165, 1.54) is 58.0 Å². The predicted molar refractivity (Wildman–Crippen MR) is 89.9 cm³/mol. The molecule has 0 saturated heterocycles. The first-order valence-corrected chi connectivity index (χ1v) is 8.80. The Morgan fingerprint density at radius 2 is 1.80 bits per heavy atom. The molecule has 1 saturated carbocycles. The first kappa shape index (κ1) is 18.0. The maximum absolute atomic E-state index is 5.68. The van der Waals surface area contributed by atoms with Gasteiger partial charge < -0.3 is 11.1 Å². The first-order valence-electron chi connectivity index (χ1n) is 8.80. The summed E-state index contributed by atoms with van der Waals surface area (Å²) in [4.78, 5) is 0. The van der Waals surface area contributed by atoms with Crippen LogP contribution in [0.4, 0.5) is 0 Å². The molecule has 0 heterocycles. The van der Waals surface area contributed by atoms with E-state index in [9.17, 15) is 0 Å². The van der Waals surface area contributed by atoms with Crippen LogP contribution >= 0.6 is 0 Å². The molecular formula is C18H38N2. The van der Waals surface area contributed by atoms with E-state index < -0.39 is 0 Å². The van der Waals surface area contributed by atoms with Crippen LogP contribution in [0.15, 0.2) is 0 Å². The van der Waals surface area contributed by atoms with Gasteiger partial charge in [0, 0.05) is 6.54 Å². The van der Waals surface area contributed by atoms with Crippen molar-refractivity contribution in [2.24, 2.45) is 22.5 Å². The molecule has 0 aliphatic heterocycles. The number of hydrogen-bond donors (Lipinski definition) is 2. The molecule has 0 unspecified atom stereocenters. The van der Waals surface area contributed by atoms with Crippen molar-refractivity contribution in [1.82, 2.24) is 5.32 Å². The van der Waals surface area contributed by atoms with Crippen LogP contribution in [0.3, 0.4) is 0 Å². The van der Waals surface area contributed by atoms with Crippen molar-refractivity contribution in [3.63, 3.8) is 0 Å². The lowest BCUT2D eigenvalue weighted by Gasteiger charge is -2.31. The predicted octanol–water partition coefficient (Wildman–Crippen LogP) is 4.34. The lowest BCUT2D eigenvalue weighted by Crippen LogP contribution is -2.34. The highest BCUT2D eigenvalue weighted by atomic mass is 14.9. The van der Waals surface area contributed by atoms with Gasteiger partial charge in [-0.1, -0.05) is 40.5 Å². The van der Waals surface area contributed by atoms with E-state index in [1.54, 1.807) is 0 Å². The summed E-state index contributed by atoms with van der Waals surface area (Å²) in [5.41, 5.74) is 6.70. The van der Waals surface area contributed by atoms with Crippen molar-refractivity contribution in [3.05, 3.63) is 0 Å². The third-order valence-corrected chi connectivity index (χ3v) is 5.03. The smallest absolute Gasteiger partial charge is 0.000790 e. The highest BCUT2D eigenvalue weighted by molar-refractivity contribution is 4.87. The average molecular weight is 283 g/mol. The first-order chi connectivity index (χ1) is 9.39. The van der Waals surface area contributed by atoms with Crippen molar-refractivity contribution >= 4 is 0 Å². The monoisotopic (exact) mass is 282 g/mol. The fourth-order valence-corrected chi connectivity index (χ4v) is 4.01. The third-order valence-electron chi connectivity index (χ3n) is 5.03. The molecule has 0 bridgehead atoms. The fraction of sp³-hybridized carbons (Fsp3) is 1.00. The lowest BCUT2D eigenvalue weighted by atomic mass is 9.78. The molecule has 20 heavy (non-hydrogen) atoms. The number of hydrogen-bond acceptors (Lipinski definition) is 2. The van der Waals surface area contributed by atoms with Gasteiger partial charge in [-0.05, 0) is 68.4 Å². The van der Waals surface area contributed by atoms with E-state index in [0.29, 0.717) is 10.8 Å². The summed E-state index contributed by atoms with van der Waals surface area (Å²) in [5.74, 6) is 0.832. The summed E-state index contributed by atoms with van der Waals surface area (Å²) in [6, 6.07) is 0. The molecule has 0 aromatic carbocycles. The molecule has 0 spiro atoms. The van der Waals surface area contributed by atoms with Crippen LogP contribution in [0, 0.1) is 16.7 Å². The maximum Gasteiger partial charge on any atom is 0.000790 e.